The number of nitrogens with one attached hydrogen (secondary N) is 2. The number of rotatable bonds is 5. The predicted octanol–water partition coefficient (Wildman–Crippen LogP) is 3.02. The molecule has 0 bridgehead atoms. The van der Waals surface area contributed by atoms with E-state index < -0.39 is 29.0 Å². The predicted molar refractivity (Wildman–Crippen MR) is 149 cm³/mol. The number of amidine groups is 1. The number of carbonyl (C=O) groups excluding carboxylic acids is 2. The third-order valence-corrected chi connectivity index (χ3v) is 7.33. The fourth-order valence-corrected chi connectivity index (χ4v) is 5.64. The number of methoxy groups -OCH3 is 1. The van der Waals surface area contributed by atoms with Gasteiger partial charge in [0.05, 0.1) is 44.1 Å². The average Bonchev–Trinajstić information content (AvgIpc) is 3.33. The van der Waals surface area contributed by atoms with Crippen LogP contribution in [0.25, 0.3) is 0 Å². The summed E-state index contributed by atoms with van der Waals surface area (Å²) in [7, 11) is 1.46. The number of anilines is 2. The summed E-state index contributed by atoms with van der Waals surface area (Å²) in [4.78, 5) is 53.3. The lowest BCUT2D eigenvalue weighted by Crippen LogP contribution is -2.44. The lowest BCUT2D eigenvalue weighted by atomic mass is 9.85. The van der Waals surface area contributed by atoms with E-state index in [1.165, 1.54) is 31.3 Å². The van der Waals surface area contributed by atoms with Gasteiger partial charge in [0.15, 0.2) is 11.0 Å². The smallest absolute Gasteiger partial charge is 0.413 e. The summed E-state index contributed by atoms with van der Waals surface area (Å²) in [6.07, 6.45) is 5.85. The number of alkyl carbamates (subject to hydrolysis) is 1. The summed E-state index contributed by atoms with van der Waals surface area (Å²) in [5, 5.41) is 5.95. The summed E-state index contributed by atoms with van der Waals surface area (Å²) in [6.45, 7) is 6.15. The molecule has 2 unspecified atom stereocenters. The average molecular weight is 582 g/mol. The van der Waals surface area contributed by atoms with Crippen LogP contribution in [0.1, 0.15) is 37.0 Å². The third kappa shape index (κ3) is 6.34. The van der Waals surface area contributed by atoms with E-state index in [0.717, 1.165) is 12.4 Å². The van der Waals surface area contributed by atoms with Crippen LogP contribution in [0, 0.1) is 11.7 Å². The maximum absolute atomic E-state index is 13.5. The number of thioether (sulfide) groups is 1. The molecule has 0 spiro atoms. The molecule has 0 saturated carbocycles. The van der Waals surface area contributed by atoms with Gasteiger partial charge in [-0.25, -0.2) is 34.1 Å². The van der Waals surface area contributed by atoms with Gasteiger partial charge in [0.25, 0.3) is 5.91 Å². The Kier molecular flexibility index (Phi) is 7.71. The molecule has 5 rings (SSSR count). The van der Waals surface area contributed by atoms with Gasteiger partial charge in [-0.3, -0.25) is 15.1 Å². The van der Waals surface area contributed by atoms with Gasteiger partial charge in [0.1, 0.15) is 16.8 Å². The van der Waals surface area contributed by atoms with Gasteiger partial charge in [-0.2, -0.15) is 0 Å². The van der Waals surface area contributed by atoms with Crippen LogP contribution >= 0.6 is 11.8 Å². The lowest BCUT2D eigenvalue weighted by molar-refractivity contribution is 0.0563. The molecule has 2 aliphatic rings. The Balaban J connectivity index is 1.47. The van der Waals surface area contributed by atoms with E-state index in [9.17, 15) is 14.0 Å². The van der Waals surface area contributed by atoms with Crippen LogP contribution in [-0.4, -0.2) is 73.6 Å². The number of hydrogen-bond acceptors (Lipinski definition) is 12. The quantitative estimate of drug-likeness (QED) is 0.456. The van der Waals surface area contributed by atoms with Gasteiger partial charge in [-0.1, -0.05) is 11.8 Å². The molecule has 3 aromatic rings. The van der Waals surface area contributed by atoms with Gasteiger partial charge in [0, 0.05) is 30.1 Å². The topological polar surface area (TPSA) is 157 Å². The van der Waals surface area contributed by atoms with E-state index in [-0.39, 0.29) is 17.5 Å². The second-order valence-electron chi connectivity index (χ2n) is 10.4. The van der Waals surface area contributed by atoms with Crippen molar-refractivity contribution in [2.45, 2.75) is 31.9 Å². The molecule has 0 aromatic carbocycles. The van der Waals surface area contributed by atoms with Crippen molar-refractivity contribution in [3.05, 3.63) is 60.3 Å². The number of carbonyl (C=O) groups is 2. The van der Waals surface area contributed by atoms with Crippen molar-refractivity contribution in [1.82, 2.24) is 30.2 Å². The highest BCUT2D eigenvalue weighted by Gasteiger charge is 2.52. The van der Waals surface area contributed by atoms with E-state index in [1.807, 2.05) is 4.90 Å². The van der Waals surface area contributed by atoms with Crippen molar-refractivity contribution in [2.75, 3.05) is 36.2 Å². The van der Waals surface area contributed by atoms with E-state index in [0.29, 0.717) is 41.3 Å². The zero-order valence-electron chi connectivity index (χ0n) is 22.8. The molecule has 214 valence electrons. The lowest BCUT2D eigenvalue weighted by Gasteiger charge is -2.34. The van der Waals surface area contributed by atoms with Gasteiger partial charge in [0.2, 0.25) is 11.8 Å². The molecule has 1 saturated heterocycles. The van der Waals surface area contributed by atoms with Crippen molar-refractivity contribution in [2.24, 2.45) is 10.9 Å². The largest absolute Gasteiger partial charge is 0.480 e. The molecule has 41 heavy (non-hydrogen) atoms. The zero-order chi connectivity index (χ0) is 29.2. The summed E-state index contributed by atoms with van der Waals surface area (Å²) < 4.78 is 23.9. The molecule has 2 N–H and O–H groups in total. The minimum absolute atomic E-state index is 0.0729. The number of amides is 2. The molecule has 15 heteroatoms. The molecular formula is C26H28FN9O4S. The first-order valence-corrected chi connectivity index (χ1v) is 13.6. The molecule has 2 amide bonds. The molecule has 3 aromatic heterocycles. The van der Waals surface area contributed by atoms with E-state index in [1.54, 1.807) is 39.1 Å². The van der Waals surface area contributed by atoms with E-state index in [4.69, 9.17) is 14.5 Å². The SMILES string of the molecule is COc1cnc(C(=O)Nc2ccnc(C34CN(c5ncc(F)cn5)CC3CSC(NC(=O)OC(C)(C)C)=N4)c2)cn1. The van der Waals surface area contributed by atoms with Gasteiger partial charge >= 0.3 is 6.09 Å². The van der Waals surface area contributed by atoms with Crippen molar-refractivity contribution in [1.29, 1.82) is 0 Å². The Morgan fingerprint density at radius 1 is 1.10 bits per heavy atom. The van der Waals surface area contributed by atoms with Crippen LogP contribution in [0.2, 0.25) is 0 Å². The normalized spacial score (nSPS) is 20.1. The van der Waals surface area contributed by atoms with Crippen LogP contribution in [-0.2, 0) is 10.3 Å². The van der Waals surface area contributed by atoms with Crippen molar-refractivity contribution >= 4 is 40.6 Å². The highest BCUT2D eigenvalue weighted by molar-refractivity contribution is 8.13. The Morgan fingerprint density at radius 2 is 1.88 bits per heavy atom. The molecular weight excluding hydrogens is 553 g/mol. The highest BCUT2D eigenvalue weighted by Crippen LogP contribution is 2.46. The van der Waals surface area contributed by atoms with Crippen LogP contribution in [0.15, 0.2) is 48.1 Å². The van der Waals surface area contributed by atoms with Crippen molar-refractivity contribution in [3.63, 3.8) is 0 Å². The second-order valence-corrected chi connectivity index (χ2v) is 11.4. The number of pyridine rings is 1. The van der Waals surface area contributed by atoms with Gasteiger partial charge in [-0.05, 0) is 32.9 Å². The molecule has 5 heterocycles. The highest BCUT2D eigenvalue weighted by atomic mass is 32.2. The monoisotopic (exact) mass is 581 g/mol. The van der Waals surface area contributed by atoms with Gasteiger partial charge < -0.3 is 19.7 Å². The number of ether oxygens (including phenoxy) is 2. The Morgan fingerprint density at radius 3 is 2.56 bits per heavy atom. The number of aliphatic imine (C=N–C) groups is 1. The number of hydrogen-bond donors (Lipinski definition) is 2. The minimum Gasteiger partial charge on any atom is -0.480 e. The minimum atomic E-state index is -0.937. The molecule has 2 atom stereocenters. The first-order valence-electron chi connectivity index (χ1n) is 12.6. The summed E-state index contributed by atoms with van der Waals surface area (Å²) in [6, 6.07) is 3.39. The third-order valence-electron chi connectivity index (χ3n) is 6.30. The standard InChI is InChI=1S/C26H28FN9O4S/c1-25(2,3)40-24(38)34-23-35-26(14-36(12-15(26)13-41-23)22-31-8-16(27)9-32-22)19-7-17(5-6-28-19)33-21(37)18-10-30-20(39-4)11-29-18/h5-11,15H,12-14H2,1-4H3,(H,28,33,37)(H,34,35,38). The number of aromatic nitrogens is 5. The van der Waals surface area contributed by atoms with Crippen molar-refractivity contribution < 1.29 is 23.5 Å². The Hall–Kier alpha value is -4.40. The molecule has 1 fully saturated rings. The zero-order valence-corrected chi connectivity index (χ0v) is 23.6. The number of halogens is 1. The Bertz CT molecular complexity index is 1470. The van der Waals surface area contributed by atoms with Gasteiger partial charge in [-0.15, -0.1) is 0 Å². The van der Waals surface area contributed by atoms with Crippen LogP contribution in [0.4, 0.5) is 20.8 Å². The summed E-state index contributed by atoms with van der Waals surface area (Å²) >= 11 is 1.39. The summed E-state index contributed by atoms with van der Waals surface area (Å²) in [5.74, 6) is 0.156. The molecule has 2 aliphatic heterocycles. The Labute approximate surface area is 239 Å². The first-order chi connectivity index (χ1) is 19.5. The fraction of sp³-hybridized carbons (Fsp3) is 0.385. The number of fused-ring (bicyclic) bond motifs is 1. The maximum Gasteiger partial charge on any atom is 0.413 e. The van der Waals surface area contributed by atoms with E-state index >= 15 is 0 Å². The molecule has 0 aliphatic carbocycles. The molecule has 0 radical (unpaired) electrons. The van der Waals surface area contributed by atoms with E-state index in [2.05, 4.69) is 35.6 Å². The first kappa shape index (κ1) is 28.1. The fourth-order valence-electron chi connectivity index (χ4n) is 4.51. The van der Waals surface area contributed by atoms with Crippen molar-refractivity contribution in [3.8, 4) is 5.88 Å². The summed E-state index contributed by atoms with van der Waals surface area (Å²) in [5.41, 5.74) is -0.478. The number of nitrogens with zero attached hydrogens (tertiary/aromatic N) is 7. The van der Waals surface area contributed by atoms with Crippen LogP contribution in [0.5, 0.6) is 5.88 Å². The van der Waals surface area contributed by atoms with Crippen LogP contribution in [0.3, 0.4) is 0 Å². The maximum atomic E-state index is 13.5. The van der Waals surface area contributed by atoms with Crippen LogP contribution < -0.4 is 20.3 Å². The second kappa shape index (κ2) is 11.2. The molecule has 13 nitrogen and oxygen atoms in total.